The number of methoxy groups -OCH3 is 1. The molecule has 2 aliphatic heterocycles. The quantitative estimate of drug-likeness (QED) is 0.465. The highest BCUT2D eigenvalue weighted by atomic mass is 32.2. The van der Waals surface area contributed by atoms with E-state index in [0.29, 0.717) is 50.1 Å². The van der Waals surface area contributed by atoms with Crippen molar-refractivity contribution in [3.63, 3.8) is 0 Å². The van der Waals surface area contributed by atoms with Gasteiger partial charge in [0.25, 0.3) is 5.91 Å². The molecule has 38 heavy (non-hydrogen) atoms. The first-order chi connectivity index (χ1) is 17.8. The molecular weight excluding hydrogens is 529 g/mol. The molecule has 1 aromatic rings. The summed E-state index contributed by atoms with van der Waals surface area (Å²) in [4.78, 5) is 26.2. The lowest BCUT2D eigenvalue weighted by Gasteiger charge is -2.35. The van der Waals surface area contributed by atoms with E-state index in [0.717, 1.165) is 13.1 Å². The minimum atomic E-state index is -5.08. The minimum absolute atomic E-state index is 0.0511. The number of sulfonamides is 1. The molecule has 2 saturated heterocycles. The molecule has 1 atom stereocenters. The topological polar surface area (TPSA) is 119 Å². The highest BCUT2D eigenvalue weighted by Crippen LogP contribution is 2.18. The second-order valence-corrected chi connectivity index (χ2v) is 11.3. The number of hydrogen-bond donors (Lipinski definition) is 2. The number of piperazine rings is 1. The Morgan fingerprint density at radius 1 is 1.11 bits per heavy atom. The van der Waals surface area contributed by atoms with E-state index >= 15 is 0 Å². The van der Waals surface area contributed by atoms with Gasteiger partial charge in [-0.3, -0.25) is 9.69 Å². The number of carbonyl (C=O) groups is 2. The highest BCUT2D eigenvalue weighted by molar-refractivity contribution is 7.89. The van der Waals surface area contributed by atoms with Crippen LogP contribution in [0, 0.1) is 0 Å². The van der Waals surface area contributed by atoms with Gasteiger partial charge in [-0.05, 0) is 50.6 Å². The molecule has 2 N–H and O–H groups in total. The van der Waals surface area contributed by atoms with E-state index in [-0.39, 0.29) is 18.2 Å². The van der Waals surface area contributed by atoms with Crippen LogP contribution in [0.25, 0.3) is 0 Å². The zero-order chi connectivity index (χ0) is 28.3. The number of likely N-dealkylation sites (tertiary alicyclic amines) is 1. The number of benzene rings is 1. The van der Waals surface area contributed by atoms with Gasteiger partial charge in [-0.25, -0.2) is 13.2 Å². The molecule has 216 valence electrons. The first kappa shape index (κ1) is 31.8. The van der Waals surface area contributed by atoms with Crippen LogP contribution in [0.1, 0.15) is 36.5 Å². The van der Waals surface area contributed by atoms with Gasteiger partial charge in [0.15, 0.2) is 0 Å². The maximum absolute atomic E-state index is 13.2. The van der Waals surface area contributed by atoms with E-state index in [4.69, 9.17) is 14.6 Å². The maximum atomic E-state index is 13.2. The Morgan fingerprint density at radius 2 is 1.71 bits per heavy atom. The fourth-order valence-corrected chi connectivity index (χ4v) is 5.70. The molecule has 14 heteroatoms. The normalized spacial score (nSPS) is 19.2. The Labute approximate surface area is 221 Å². The number of ether oxygens (including phenoxy) is 1. The van der Waals surface area contributed by atoms with Crippen LogP contribution >= 0.6 is 0 Å². The highest BCUT2D eigenvalue weighted by Gasteiger charge is 2.38. The van der Waals surface area contributed by atoms with Crippen LogP contribution in [0.2, 0.25) is 0 Å². The summed E-state index contributed by atoms with van der Waals surface area (Å²) < 4.78 is 64.1. The Morgan fingerprint density at radius 3 is 2.24 bits per heavy atom. The van der Waals surface area contributed by atoms with Gasteiger partial charge in [0.1, 0.15) is 5.75 Å². The summed E-state index contributed by atoms with van der Waals surface area (Å²) in [6, 6.07) is 7.49. The number of carboxylic acid groups (broad SMARTS) is 1. The lowest BCUT2D eigenvalue weighted by atomic mass is 10.0. The summed E-state index contributed by atoms with van der Waals surface area (Å²) in [6.45, 7) is 7.04. The molecule has 1 unspecified atom stereocenters. The van der Waals surface area contributed by atoms with Crippen molar-refractivity contribution in [2.45, 2.75) is 38.4 Å². The van der Waals surface area contributed by atoms with Crippen molar-refractivity contribution in [1.82, 2.24) is 19.4 Å². The van der Waals surface area contributed by atoms with Crippen molar-refractivity contribution in [2.24, 2.45) is 0 Å². The third kappa shape index (κ3) is 10.0. The fourth-order valence-electron chi connectivity index (χ4n) is 4.25. The van der Waals surface area contributed by atoms with Gasteiger partial charge in [-0.15, -0.1) is 0 Å². The van der Waals surface area contributed by atoms with E-state index < -0.39 is 22.2 Å². The molecule has 1 amide bonds. The number of nitrogens with one attached hydrogen (secondary N) is 1. The standard InChI is InChI=1S/C22H36N4O4S.C2HF3O2/c1-19-5-3-4-12-24(19)15-16-25(22(27)20-6-8-21(30-2)9-7-20)17-18-31(28,29)26-13-10-23-11-14-26;3-2(4,5)1(6)7/h6-9,19,23H,3-5,10-18H2,1-2H3;(H,6,7). The van der Waals surface area contributed by atoms with Gasteiger partial charge in [0.2, 0.25) is 10.0 Å². The van der Waals surface area contributed by atoms with Gasteiger partial charge < -0.3 is 20.1 Å². The number of piperidine rings is 1. The molecule has 0 saturated carbocycles. The zero-order valence-corrected chi connectivity index (χ0v) is 22.6. The first-order valence-electron chi connectivity index (χ1n) is 12.5. The summed E-state index contributed by atoms with van der Waals surface area (Å²) in [7, 11) is -1.81. The van der Waals surface area contributed by atoms with Crippen LogP contribution in [0.4, 0.5) is 13.2 Å². The smallest absolute Gasteiger partial charge is 0.490 e. The number of nitrogens with zero attached hydrogens (tertiary/aromatic N) is 3. The van der Waals surface area contributed by atoms with Crippen molar-refractivity contribution >= 4 is 21.9 Å². The Balaban J connectivity index is 0.000000638. The van der Waals surface area contributed by atoms with Crippen LogP contribution in [0.15, 0.2) is 24.3 Å². The van der Waals surface area contributed by atoms with E-state index in [1.807, 2.05) is 0 Å². The summed E-state index contributed by atoms with van der Waals surface area (Å²) in [5, 5.41) is 10.3. The molecule has 0 aliphatic carbocycles. The van der Waals surface area contributed by atoms with Crippen LogP contribution in [-0.2, 0) is 14.8 Å². The Hall–Kier alpha value is -2.42. The van der Waals surface area contributed by atoms with Gasteiger partial charge in [0, 0.05) is 57.4 Å². The number of rotatable bonds is 9. The monoisotopic (exact) mass is 566 g/mol. The molecule has 2 fully saturated rings. The average Bonchev–Trinajstić information content (AvgIpc) is 2.89. The summed E-state index contributed by atoms with van der Waals surface area (Å²) in [5.41, 5.74) is 0.548. The Bertz CT molecular complexity index is 1000. The second kappa shape index (κ2) is 14.7. The summed E-state index contributed by atoms with van der Waals surface area (Å²) >= 11 is 0. The van der Waals surface area contributed by atoms with Crippen molar-refractivity contribution in [2.75, 3.05) is 65.2 Å². The molecular formula is C24H37F3N4O6S. The van der Waals surface area contributed by atoms with Gasteiger partial charge in [-0.1, -0.05) is 6.42 Å². The molecule has 0 radical (unpaired) electrons. The number of alkyl halides is 3. The fraction of sp³-hybridized carbons (Fsp3) is 0.667. The van der Waals surface area contributed by atoms with E-state index in [9.17, 15) is 26.4 Å². The van der Waals surface area contributed by atoms with Crippen molar-refractivity contribution < 1.29 is 41.0 Å². The molecule has 2 aliphatic rings. The maximum Gasteiger partial charge on any atom is 0.490 e. The van der Waals surface area contributed by atoms with Crippen molar-refractivity contribution in [3.8, 4) is 5.75 Å². The van der Waals surface area contributed by atoms with E-state index in [2.05, 4.69) is 17.1 Å². The minimum Gasteiger partial charge on any atom is -0.497 e. The lowest BCUT2D eigenvalue weighted by molar-refractivity contribution is -0.192. The van der Waals surface area contributed by atoms with Crippen molar-refractivity contribution in [1.29, 1.82) is 0 Å². The predicted molar refractivity (Wildman–Crippen MR) is 136 cm³/mol. The largest absolute Gasteiger partial charge is 0.497 e. The van der Waals surface area contributed by atoms with Crippen LogP contribution in [-0.4, -0.2) is 117 Å². The van der Waals surface area contributed by atoms with Crippen LogP contribution in [0.3, 0.4) is 0 Å². The average molecular weight is 567 g/mol. The third-order valence-corrected chi connectivity index (χ3v) is 8.40. The van der Waals surface area contributed by atoms with Gasteiger partial charge in [0.05, 0.1) is 12.9 Å². The third-order valence-electron chi connectivity index (χ3n) is 6.55. The Kier molecular flexibility index (Phi) is 12.3. The first-order valence-corrected chi connectivity index (χ1v) is 14.1. The molecule has 1 aromatic carbocycles. The van der Waals surface area contributed by atoms with Gasteiger partial charge in [-0.2, -0.15) is 17.5 Å². The molecule has 0 spiro atoms. The number of carbonyl (C=O) groups excluding carboxylic acids is 1. The molecule has 3 rings (SSSR count). The molecule has 0 aromatic heterocycles. The lowest BCUT2D eigenvalue weighted by Crippen LogP contribution is -2.49. The predicted octanol–water partition coefficient (Wildman–Crippen LogP) is 1.88. The zero-order valence-electron chi connectivity index (χ0n) is 21.7. The molecule has 0 bridgehead atoms. The number of carboxylic acids is 1. The number of hydrogen-bond acceptors (Lipinski definition) is 7. The van der Waals surface area contributed by atoms with Crippen molar-refractivity contribution in [3.05, 3.63) is 29.8 Å². The number of aliphatic carboxylic acids is 1. The van der Waals surface area contributed by atoms with Gasteiger partial charge >= 0.3 is 12.1 Å². The molecule has 10 nitrogen and oxygen atoms in total. The second-order valence-electron chi connectivity index (χ2n) is 9.17. The number of halogens is 3. The van der Waals surface area contributed by atoms with Crippen LogP contribution < -0.4 is 10.1 Å². The van der Waals surface area contributed by atoms with E-state index in [1.165, 1.54) is 23.6 Å². The molecule has 2 heterocycles. The summed E-state index contributed by atoms with van der Waals surface area (Å²) in [5.74, 6) is -2.26. The SMILES string of the molecule is COc1ccc(C(=O)N(CCN2CCCCC2C)CCS(=O)(=O)N2CCNCC2)cc1.O=C(O)C(F)(F)F. The number of amides is 1. The van der Waals surface area contributed by atoms with E-state index in [1.54, 1.807) is 36.3 Å². The van der Waals surface area contributed by atoms with Crippen LogP contribution in [0.5, 0.6) is 5.75 Å². The summed E-state index contributed by atoms with van der Waals surface area (Å²) in [6.07, 6.45) is -1.49.